The SMILES string of the molecule is CC(C)(C(=O)OCCN)C(=O)OCCN.CC(C)(C)OC(=O)CC(CCC(=O)O)C(=O)OC(C)(C)C. The fourth-order valence-electron chi connectivity index (χ4n) is 2.32. The van der Waals surface area contributed by atoms with Gasteiger partial charge in [0.2, 0.25) is 0 Å². The van der Waals surface area contributed by atoms with E-state index in [1.165, 1.54) is 13.8 Å². The lowest BCUT2D eigenvalue weighted by Crippen LogP contribution is -2.38. The molecule has 36 heavy (non-hydrogen) atoms. The van der Waals surface area contributed by atoms with Crippen molar-refractivity contribution in [3.63, 3.8) is 0 Å². The van der Waals surface area contributed by atoms with Crippen LogP contribution in [0.25, 0.3) is 0 Å². The number of nitrogens with two attached hydrogens (primary N) is 2. The molecule has 0 rings (SSSR count). The molecule has 0 amide bonds. The van der Waals surface area contributed by atoms with Crippen LogP contribution < -0.4 is 11.5 Å². The van der Waals surface area contributed by atoms with Crippen LogP contribution in [0.3, 0.4) is 0 Å². The fourth-order valence-corrected chi connectivity index (χ4v) is 2.32. The minimum atomic E-state index is -1.32. The van der Waals surface area contributed by atoms with E-state index in [0.717, 1.165) is 0 Å². The first-order valence-electron chi connectivity index (χ1n) is 11.7. The third kappa shape index (κ3) is 17.7. The quantitative estimate of drug-likeness (QED) is 0.191. The Morgan fingerprint density at radius 2 is 1.17 bits per heavy atom. The number of rotatable bonds is 12. The third-order valence-electron chi connectivity index (χ3n) is 4.00. The standard InChI is InChI=1S/C15H26O6.C9H18N2O4/c1-14(2,3)20-12(18)9-10(7-8-11(16)17)13(19)21-15(4,5)6;1-9(2,7(12)14-5-3-10)8(13)15-6-4-11/h10H,7-9H2,1-6H3,(H,16,17);3-6,10-11H2,1-2H3. The Kier molecular flexibility index (Phi) is 15.8. The van der Waals surface area contributed by atoms with Gasteiger partial charge in [-0.3, -0.25) is 24.0 Å². The molecule has 0 spiro atoms. The van der Waals surface area contributed by atoms with Crippen molar-refractivity contribution in [1.29, 1.82) is 0 Å². The average Bonchev–Trinajstić information content (AvgIpc) is 2.70. The molecular formula is C24H44N2O10. The van der Waals surface area contributed by atoms with Crippen LogP contribution in [0.4, 0.5) is 0 Å². The summed E-state index contributed by atoms with van der Waals surface area (Å²) in [5.41, 5.74) is 7.68. The number of carboxylic acid groups (broad SMARTS) is 1. The highest BCUT2D eigenvalue weighted by molar-refractivity contribution is 5.99. The van der Waals surface area contributed by atoms with Crippen molar-refractivity contribution < 1.29 is 48.0 Å². The van der Waals surface area contributed by atoms with E-state index in [1.54, 1.807) is 41.5 Å². The Morgan fingerprint density at radius 1 is 0.750 bits per heavy atom. The highest BCUT2D eigenvalue weighted by atomic mass is 16.6. The number of carbonyl (C=O) groups excluding carboxylic acids is 4. The van der Waals surface area contributed by atoms with E-state index < -0.39 is 52.4 Å². The van der Waals surface area contributed by atoms with Gasteiger partial charge >= 0.3 is 29.8 Å². The molecule has 0 radical (unpaired) electrons. The van der Waals surface area contributed by atoms with Gasteiger partial charge in [-0.25, -0.2) is 0 Å². The normalized spacial score (nSPS) is 12.4. The molecule has 0 aliphatic carbocycles. The summed E-state index contributed by atoms with van der Waals surface area (Å²) in [5.74, 6) is -4.23. The molecule has 1 unspecified atom stereocenters. The first-order valence-corrected chi connectivity index (χ1v) is 11.7. The van der Waals surface area contributed by atoms with Gasteiger partial charge in [0.25, 0.3) is 0 Å². The van der Waals surface area contributed by atoms with E-state index in [9.17, 15) is 24.0 Å². The zero-order valence-electron chi connectivity index (χ0n) is 22.8. The molecule has 0 fully saturated rings. The Labute approximate surface area is 213 Å². The van der Waals surface area contributed by atoms with Crippen LogP contribution in [0.5, 0.6) is 0 Å². The number of hydrogen-bond donors (Lipinski definition) is 3. The van der Waals surface area contributed by atoms with E-state index >= 15 is 0 Å². The Hall–Kier alpha value is -2.73. The van der Waals surface area contributed by atoms with Gasteiger partial charge in [0, 0.05) is 19.5 Å². The molecule has 0 aromatic carbocycles. The molecule has 12 nitrogen and oxygen atoms in total. The van der Waals surface area contributed by atoms with Crippen LogP contribution in [0.15, 0.2) is 0 Å². The Morgan fingerprint density at radius 3 is 1.50 bits per heavy atom. The second-order valence-corrected chi connectivity index (χ2v) is 10.4. The van der Waals surface area contributed by atoms with Gasteiger partial charge in [0.15, 0.2) is 5.41 Å². The van der Waals surface area contributed by atoms with Crippen molar-refractivity contribution in [3.8, 4) is 0 Å². The van der Waals surface area contributed by atoms with Crippen molar-refractivity contribution in [2.24, 2.45) is 22.8 Å². The van der Waals surface area contributed by atoms with E-state index in [2.05, 4.69) is 0 Å². The molecule has 0 saturated heterocycles. The van der Waals surface area contributed by atoms with Gasteiger partial charge in [-0.1, -0.05) is 0 Å². The smallest absolute Gasteiger partial charge is 0.322 e. The molecule has 0 aromatic heterocycles. The summed E-state index contributed by atoms with van der Waals surface area (Å²) in [6, 6.07) is 0. The molecule has 1 atom stereocenters. The van der Waals surface area contributed by atoms with E-state index in [0.29, 0.717) is 0 Å². The van der Waals surface area contributed by atoms with Gasteiger partial charge in [-0.05, 0) is 61.8 Å². The van der Waals surface area contributed by atoms with Crippen LogP contribution in [0.2, 0.25) is 0 Å². The minimum absolute atomic E-state index is 0.0451. The summed E-state index contributed by atoms with van der Waals surface area (Å²) < 4.78 is 19.9. The van der Waals surface area contributed by atoms with Gasteiger partial charge in [0.1, 0.15) is 24.4 Å². The molecule has 0 bridgehead atoms. The Bertz CT molecular complexity index is 714. The van der Waals surface area contributed by atoms with Crippen molar-refractivity contribution in [3.05, 3.63) is 0 Å². The maximum Gasteiger partial charge on any atom is 0.322 e. The highest BCUT2D eigenvalue weighted by Crippen LogP contribution is 2.21. The average molecular weight is 521 g/mol. The van der Waals surface area contributed by atoms with Gasteiger partial charge in [0.05, 0.1) is 12.3 Å². The molecule has 0 heterocycles. The molecule has 5 N–H and O–H groups in total. The second kappa shape index (κ2) is 16.1. The molecule has 210 valence electrons. The predicted octanol–water partition coefficient (Wildman–Crippen LogP) is 1.56. The van der Waals surface area contributed by atoms with Gasteiger partial charge < -0.3 is 35.5 Å². The molecule has 0 aliphatic heterocycles. The van der Waals surface area contributed by atoms with Crippen LogP contribution in [0.1, 0.15) is 74.7 Å². The minimum Gasteiger partial charge on any atom is -0.481 e. The predicted molar refractivity (Wildman–Crippen MR) is 130 cm³/mol. The van der Waals surface area contributed by atoms with Crippen LogP contribution in [0, 0.1) is 11.3 Å². The number of carboxylic acids is 1. The summed E-state index contributed by atoms with van der Waals surface area (Å²) in [6.45, 7) is 13.8. The van der Waals surface area contributed by atoms with E-state index in [-0.39, 0.29) is 45.6 Å². The third-order valence-corrected chi connectivity index (χ3v) is 4.00. The largest absolute Gasteiger partial charge is 0.481 e. The number of esters is 4. The number of carbonyl (C=O) groups is 5. The zero-order valence-corrected chi connectivity index (χ0v) is 22.8. The molecule has 0 saturated carbocycles. The van der Waals surface area contributed by atoms with Crippen molar-refractivity contribution in [2.45, 2.75) is 85.9 Å². The number of hydrogen-bond acceptors (Lipinski definition) is 11. The van der Waals surface area contributed by atoms with Gasteiger partial charge in [-0.15, -0.1) is 0 Å². The summed E-state index contributed by atoms with van der Waals surface area (Å²) in [4.78, 5) is 57.4. The topological polar surface area (TPSA) is 195 Å². The lowest BCUT2D eigenvalue weighted by Gasteiger charge is -2.25. The summed E-state index contributed by atoms with van der Waals surface area (Å²) >= 11 is 0. The number of aliphatic carboxylic acids is 1. The van der Waals surface area contributed by atoms with Crippen LogP contribution in [-0.4, -0.2) is 72.5 Å². The molecule has 0 aliphatic rings. The molecule has 12 heteroatoms. The van der Waals surface area contributed by atoms with Crippen molar-refractivity contribution >= 4 is 29.8 Å². The van der Waals surface area contributed by atoms with Crippen LogP contribution in [-0.2, 0) is 42.9 Å². The van der Waals surface area contributed by atoms with E-state index in [1.807, 2.05) is 0 Å². The summed E-state index contributed by atoms with van der Waals surface area (Å²) in [7, 11) is 0. The lowest BCUT2D eigenvalue weighted by molar-refractivity contribution is -0.169. The first-order chi connectivity index (χ1) is 16.3. The van der Waals surface area contributed by atoms with E-state index in [4.69, 9.17) is 35.5 Å². The highest BCUT2D eigenvalue weighted by Gasteiger charge is 2.39. The summed E-state index contributed by atoms with van der Waals surface area (Å²) in [5, 5.41) is 8.73. The van der Waals surface area contributed by atoms with Crippen LogP contribution >= 0.6 is 0 Å². The maximum absolute atomic E-state index is 12.0. The fraction of sp³-hybridized carbons (Fsp3) is 0.792. The van der Waals surface area contributed by atoms with Crippen molar-refractivity contribution in [2.75, 3.05) is 26.3 Å². The second-order valence-electron chi connectivity index (χ2n) is 10.4. The lowest BCUT2D eigenvalue weighted by atomic mass is 9.94. The van der Waals surface area contributed by atoms with Crippen molar-refractivity contribution in [1.82, 2.24) is 0 Å². The van der Waals surface area contributed by atoms with Gasteiger partial charge in [-0.2, -0.15) is 0 Å². The zero-order chi connectivity index (χ0) is 28.7. The maximum atomic E-state index is 12.0. The Balaban J connectivity index is 0. The first kappa shape index (κ1) is 35.4. The summed E-state index contributed by atoms with van der Waals surface area (Å²) in [6.07, 6.45) is -0.338. The molecular weight excluding hydrogens is 476 g/mol. The molecule has 0 aromatic rings. The number of ether oxygens (including phenoxy) is 4. The monoisotopic (exact) mass is 520 g/mol.